The summed E-state index contributed by atoms with van der Waals surface area (Å²) in [5.41, 5.74) is 5.69. The van der Waals surface area contributed by atoms with Crippen molar-refractivity contribution in [2.24, 2.45) is 5.73 Å². The second-order valence-electron chi connectivity index (χ2n) is 3.98. The standard InChI is InChI=1S/C11H14BrN3OS/c1-7(13)3-2-4-10-14-11(15-16-10)8-5-6-9(12)17-8/h5-7H,2-4,13H2,1H3. The lowest BCUT2D eigenvalue weighted by Crippen LogP contribution is -2.14. The molecule has 1 atom stereocenters. The Balaban J connectivity index is 1.96. The van der Waals surface area contributed by atoms with Gasteiger partial charge >= 0.3 is 0 Å². The minimum atomic E-state index is 0.227. The summed E-state index contributed by atoms with van der Waals surface area (Å²) in [6.45, 7) is 2.00. The summed E-state index contributed by atoms with van der Waals surface area (Å²) >= 11 is 5.01. The van der Waals surface area contributed by atoms with Gasteiger partial charge in [0.25, 0.3) is 0 Å². The van der Waals surface area contributed by atoms with Crippen LogP contribution >= 0.6 is 27.3 Å². The number of nitrogens with two attached hydrogens (primary N) is 1. The molecule has 0 aromatic carbocycles. The Morgan fingerprint density at radius 2 is 2.35 bits per heavy atom. The first-order chi connectivity index (χ1) is 8.15. The lowest BCUT2D eigenvalue weighted by Gasteiger charge is -2.00. The molecule has 6 heteroatoms. The fourth-order valence-corrected chi connectivity index (χ4v) is 2.78. The first-order valence-electron chi connectivity index (χ1n) is 5.49. The number of nitrogens with zero attached hydrogens (tertiary/aromatic N) is 2. The molecule has 4 nitrogen and oxygen atoms in total. The van der Waals surface area contributed by atoms with E-state index in [2.05, 4.69) is 26.1 Å². The van der Waals surface area contributed by atoms with Gasteiger partial charge in [0, 0.05) is 12.5 Å². The summed E-state index contributed by atoms with van der Waals surface area (Å²) in [6.07, 6.45) is 2.75. The van der Waals surface area contributed by atoms with Crippen LogP contribution in [0.25, 0.3) is 10.7 Å². The van der Waals surface area contributed by atoms with Gasteiger partial charge in [0.15, 0.2) is 0 Å². The molecule has 0 radical (unpaired) electrons. The summed E-state index contributed by atoms with van der Waals surface area (Å²) < 4.78 is 6.27. The van der Waals surface area contributed by atoms with Crippen LogP contribution in [0, 0.1) is 0 Å². The zero-order chi connectivity index (χ0) is 12.3. The number of thiophene rings is 1. The van der Waals surface area contributed by atoms with E-state index in [0.29, 0.717) is 11.7 Å². The van der Waals surface area contributed by atoms with Crippen molar-refractivity contribution in [2.45, 2.75) is 32.2 Å². The number of aryl methyl sites for hydroxylation is 1. The average molecular weight is 316 g/mol. The summed E-state index contributed by atoms with van der Waals surface area (Å²) in [5.74, 6) is 1.35. The van der Waals surface area contributed by atoms with Crippen LogP contribution in [0.4, 0.5) is 0 Å². The second kappa shape index (κ2) is 5.75. The smallest absolute Gasteiger partial charge is 0.226 e. The lowest BCUT2D eigenvalue weighted by molar-refractivity contribution is 0.373. The number of rotatable bonds is 5. The molecular formula is C11H14BrN3OS. The SMILES string of the molecule is CC(N)CCCc1nc(-c2ccc(Br)s2)no1. The highest BCUT2D eigenvalue weighted by molar-refractivity contribution is 9.11. The van der Waals surface area contributed by atoms with Gasteiger partial charge in [-0.15, -0.1) is 11.3 Å². The van der Waals surface area contributed by atoms with Crippen molar-refractivity contribution in [3.8, 4) is 10.7 Å². The Morgan fingerprint density at radius 3 is 3.00 bits per heavy atom. The molecule has 0 amide bonds. The van der Waals surface area contributed by atoms with E-state index in [-0.39, 0.29) is 6.04 Å². The third-order valence-electron chi connectivity index (χ3n) is 2.31. The van der Waals surface area contributed by atoms with Crippen LogP contribution in [0.5, 0.6) is 0 Å². The fraction of sp³-hybridized carbons (Fsp3) is 0.455. The predicted molar refractivity (Wildman–Crippen MR) is 71.9 cm³/mol. The number of hydrogen-bond donors (Lipinski definition) is 1. The Hall–Kier alpha value is -0.720. The minimum Gasteiger partial charge on any atom is -0.339 e. The summed E-state index contributed by atoms with van der Waals surface area (Å²) in [4.78, 5) is 5.37. The highest BCUT2D eigenvalue weighted by Gasteiger charge is 2.10. The van der Waals surface area contributed by atoms with E-state index < -0.39 is 0 Å². The zero-order valence-corrected chi connectivity index (χ0v) is 11.9. The minimum absolute atomic E-state index is 0.227. The zero-order valence-electron chi connectivity index (χ0n) is 9.52. The molecule has 0 saturated carbocycles. The van der Waals surface area contributed by atoms with Gasteiger partial charge in [0.1, 0.15) is 0 Å². The Labute approximate surface area is 112 Å². The third-order valence-corrected chi connectivity index (χ3v) is 3.93. The topological polar surface area (TPSA) is 64.9 Å². The van der Waals surface area contributed by atoms with E-state index >= 15 is 0 Å². The molecule has 2 N–H and O–H groups in total. The largest absolute Gasteiger partial charge is 0.339 e. The first kappa shape index (κ1) is 12.7. The van der Waals surface area contributed by atoms with E-state index in [1.54, 1.807) is 11.3 Å². The maximum Gasteiger partial charge on any atom is 0.226 e. The quantitative estimate of drug-likeness (QED) is 0.920. The van der Waals surface area contributed by atoms with E-state index in [9.17, 15) is 0 Å². The molecule has 2 aromatic rings. The highest BCUT2D eigenvalue weighted by Crippen LogP contribution is 2.29. The molecule has 17 heavy (non-hydrogen) atoms. The van der Waals surface area contributed by atoms with Gasteiger partial charge in [-0.1, -0.05) is 5.16 Å². The van der Waals surface area contributed by atoms with Crippen LogP contribution in [0.2, 0.25) is 0 Å². The van der Waals surface area contributed by atoms with Gasteiger partial charge in [0.05, 0.1) is 8.66 Å². The first-order valence-corrected chi connectivity index (χ1v) is 7.10. The van der Waals surface area contributed by atoms with Crippen LogP contribution in [-0.2, 0) is 6.42 Å². The maximum absolute atomic E-state index is 5.69. The van der Waals surface area contributed by atoms with Crippen molar-refractivity contribution in [3.63, 3.8) is 0 Å². The van der Waals surface area contributed by atoms with E-state index in [1.165, 1.54) is 0 Å². The van der Waals surface area contributed by atoms with Crippen molar-refractivity contribution in [1.82, 2.24) is 10.1 Å². The molecule has 0 aliphatic heterocycles. The predicted octanol–water partition coefficient (Wildman–Crippen LogP) is 3.23. The molecule has 2 aromatic heterocycles. The van der Waals surface area contributed by atoms with Crippen molar-refractivity contribution >= 4 is 27.3 Å². The van der Waals surface area contributed by atoms with Gasteiger partial charge in [-0.25, -0.2) is 0 Å². The summed E-state index contributed by atoms with van der Waals surface area (Å²) in [6, 6.07) is 4.18. The van der Waals surface area contributed by atoms with Gasteiger partial charge in [-0.3, -0.25) is 0 Å². The fourth-order valence-electron chi connectivity index (χ4n) is 1.47. The molecule has 0 spiro atoms. The molecule has 92 valence electrons. The van der Waals surface area contributed by atoms with Crippen LogP contribution < -0.4 is 5.73 Å². The number of hydrogen-bond acceptors (Lipinski definition) is 5. The number of aromatic nitrogens is 2. The maximum atomic E-state index is 5.69. The van der Waals surface area contributed by atoms with E-state index in [1.807, 2.05) is 19.1 Å². The summed E-state index contributed by atoms with van der Waals surface area (Å²) in [5, 5.41) is 3.97. The van der Waals surface area contributed by atoms with Gasteiger partial charge in [0.2, 0.25) is 11.7 Å². The highest BCUT2D eigenvalue weighted by atomic mass is 79.9. The van der Waals surface area contributed by atoms with Crippen molar-refractivity contribution in [2.75, 3.05) is 0 Å². The molecule has 2 heterocycles. The second-order valence-corrected chi connectivity index (χ2v) is 6.45. The van der Waals surface area contributed by atoms with Crippen molar-refractivity contribution in [1.29, 1.82) is 0 Å². The van der Waals surface area contributed by atoms with Gasteiger partial charge < -0.3 is 10.3 Å². The molecule has 0 aliphatic rings. The molecule has 1 unspecified atom stereocenters. The van der Waals surface area contributed by atoms with Gasteiger partial charge in [-0.2, -0.15) is 4.98 Å². The van der Waals surface area contributed by atoms with Crippen molar-refractivity contribution < 1.29 is 4.52 Å². The molecule has 0 aliphatic carbocycles. The Bertz CT molecular complexity index is 481. The normalized spacial score (nSPS) is 12.9. The van der Waals surface area contributed by atoms with E-state index in [4.69, 9.17) is 10.3 Å². The average Bonchev–Trinajstić information content (AvgIpc) is 2.86. The molecule has 0 bridgehead atoms. The van der Waals surface area contributed by atoms with Crippen LogP contribution in [0.1, 0.15) is 25.7 Å². The third kappa shape index (κ3) is 3.62. The Morgan fingerprint density at radius 1 is 1.53 bits per heavy atom. The molecular weight excluding hydrogens is 302 g/mol. The van der Waals surface area contributed by atoms with Gasteiger partial charge in [-0.05, 0) is 47.8 Å². The monoisotopic (exact) mass is 315 g/mol. The Kier molecular flexibility index (Phi) is 4.31. The number of halogens is 1. The molecule has 0 saturated heterocycles. The lowest BCUT2D eigenvalue weighted by atomic mass is 10.1. The molecule has 0 fully saturated rings. The molecule has 2 rings (SSSR count). The summed E-state index contributed by atoms with van der Waals surface area (Å²) in [7, 11) is 0. The van der Waals surface area contributed by atoms with Crippen LogP contribution in [0.15, 0.2) is 20.4 Å². The van der Waals surface area contributed by atoms with Crippen molar-refractivity contribution in [3.05, 3.63) is 21.8 Å². The van der Waals surface area contributed by atoms with Crippen LogP contribution in [-0.4, -0.2) is 16.2 Å². The van der Waals surface area contributed by atoms with E-state index in [0.717, 1.165) is 27.9 Å². The van der Waals surface area contributed by atoms with Crippen LogP contribution in [0.3, 0.4) is 0 Å².